The molecule has 0 aliphatic carbocycles. The first kappa shape index (κ1) is 21.3. The Kier molecular flexibility index (Phi) is 5.62. The summed E-state index contributed by atoms with van der Waals surface area (Å²) in [5.74, 6) is 1.55. The maximum atomic E-state index is 6.61. The molecule has 4 aromatic rings. The number of halogens is 2. The molecule has 0 aromatic heterocycles. The first-order valence-electron chi connectivity index (χ1n) is 9.92. The third kappa shape index (κ3) is 4.52. The highest BCUT2D eigenvalue weighted by Gasteiger charge is 2.27. The molecule has 4 rings (SSSR count). The molecule has 0 spiro atoms. The van der Waals surface area contributed by atoms with E-state index in [1.165, 1.54) is 0 Å². The normalized spacial score (nSPS) is 12.3. The van der Waals surface area contributed by atoms with E-state index < -0.39 is 15.3 Å². The van der Waals surface area contributed by atoms with Crippen molar-refractivity contribution < 1.29 is 8.85 Å². The van der Waals surface area contributed by atoms with Gasteiger partial charge in [-0.2, -0.15) is 0 Å². The molecule has 154 valence electrons. The van der Waals surface area contributed by atoms with Gasteiger partial charge < -0.3 is 8.85 Å². The van der Waals surface area contributed by atoms with Gasteiger partial charge in [0.25, 0.3) is 0 Å². The van der Waals surface area contributed by atoms with E-state index in [9.17, 15) is 0 Å². The van der Waals surface area contributed by atoms with Crippen molar-refractivity contribution in [2.45, 2.75) is 26.2 Å². The van der Waals surface area contributed by atoms with Crippen LogP contribution in [0.2, 0.25) is 26.2 Å². The molecule has 0 aliphatic heterocycles. The monoisotopic (exact) mass is 470 g/mol. The predicted molar refractivity (Wildman–Crippen MR) is 135 cm³/mol. The van der Waals surface area contributed by atoms with Crippen LogP contribution in [0.5, 0.6) is 11.5 Å². The molecule has 0 radical (unpaired) electrons. The maximum Gasteiger partial charge on any atom is 0.341 e. The zero-order valence-electron chi connectivity index (χ0n) is 17.5. The van der Waals surface area contributed by atoms with Crippen LogP contribution in [0.1, 0.15) is 0 Å². The molecule has 0 atom stereocenters. The van der Waals surface area contributed by atoms with E-state index in [0.29, 0.717) is 0 Å². The molecule has 2 nitrogen and oxygen atoms in total. The van der Waals surface area contributed by atoms with Crippen LogP contribution in [-0.4, -0.2) is 15.3 Å². The molecule has 4 aromatic carbocycles. The van der Waals surface area contributed by atoms with Crippen LogP contribution in [-0.2, 0) is 0 Å². The van der Waals surface area contributed by atoms with Crippen molar-refractivity contribution in [1.29, 1.82) is 0 Å². The lowest BCUT2D eigenvalue weighted by molar-refractivity contribution is 0.566. The summed E-state index contributed by atoms with van der Waals surface area (Å²) in [4.78, 5) is 0. The molecule has 0 fully saturated rings. The van der Waals surface area contributed by atoms with Gasteiger partial charge in [-0.25, -0.2) is 0 Å². The Morgan fingerprint density at radius 3 is 1.27 bits per heavy atom. The second kappa shape index (κ2) is 7.93. The molecule has 0 unspecified atom stereocenters. The lowest BCUT2D eigenvalue weighted by Gasteiger charge is -2.25. The number of benzene rings is 4. The van der Waals surface area contributed by atoms with Gasteiger partial charge in [0.05, 0.1) is 0 Å². The van der Waals surface area contributed by atoms with Crippen molar-refractivity contribution in [3.63, 3.8) is 0 Å². The number of hydrogen-bond acceptors (Lipinski definition) is 2. The number of rotatable bonds is 5. The third-order valence-corrected chi connectivity index (χ3v) is 6.61. The lowest BCUT2D eigenvalue weighted by atomic mass is 9.92. The van der Waals surface area contributed by atoms with Crippen LogP contribution in [0, 0.1) is 0 Å². The van der Waals surface area contributed by atoms with Crippen LogP contribution in [0.3, 0.4) is 0 Å². The summed E-state index contributed by atoms with van der Waals surface area (Å²) < 4.78 is 12.7. The summed E-state index contributed by atoms with van der Waals surface area (Å²) in [6.07, 6.45) is 0. The average molecular weight is 472 g/mol. The summed E-state index contributed by atoms with van der Waals surface area (Å²) in [6.45, 7) is 7.90. The van der Waals surface area contributed by atoms with Gasteiger partial charge in [-0.15, -0.1) is 22.2 Å². The van der Waals surface area contributed by atoms with Gasteiger partial charge in [0.15, 0.2) is 0 Å². The minimum Gasteiger partial charge on any atom is -0.529 e. The lowest BCUT2D eigenvalue weighted by Crippen LogP contribution is -2.27. The van der Waals surface area contributed by atoms with Crippen molar-refractivity contribution in [1.82, 2.24) is 0 Å². The van der Waals surface area contributed by atoms with Crippen molar-refractivity contribution in [3.05, 3.63) is 72.8 Å². The molecule has 30 heavy (non-hydrogen) atoms. The van der Waals surface area contributed by atoms with Crippen LogP contribution in [0.4, 0.5) is 0 Å². The van der Waals surface area contributed by atoms with Gasteiger partial charge in [0.1, 0.15) is 11.5 Å². The summed E-state index contributed by atoms with van der Waals surface area (Å²) in [5.41, 5.74) is 1.99. The predicted octanol–water partition coefficient (Wildman–Crippen LogP) is 8.30. The van der Waals surface area contributed by atoms with Gasteiger partial charge in [0, 0.05) is 11.1 Å². The zero-order chi connectivity index (χ0) is 21.5. The van der Waals surface area contributed by atoms with E-state index >= 15 is 0 Å². The van der Waals surface area contributed by atoms with E-state index in [4.69, 9.17) is 31.0 Å². The Balaban J connectivity index is 2.13. The largest absolute Gasteiger partial charge is 0.529 e. The molecular weight excluding hydrogens is 447 g/mol. The standard InChI is InChI=1S/C24H24Cl2O2Si2/c1-29(2,25)27-21-15-13-17-9-5-7-11-19(17)23(21)24-20-12-8-6-10-18(20)14-16-22(24)28-30(3,4)26/h5-16H,1-4H3. The van der Waals surface area contributed by atoms with Crippen LogP contribution in [0.25, 0.3) is 32.7 Å². The van der Waals surface area contributed by atoms with Gasteiger partial charge in [-0.05, 0) is 59.9 Å². The summed E-state index contributed by atoms with van der Waals surface area (Å²) in [7, 11) is -4.73. The van der Waals surface area contributed by atoms with Crippen molar-refractivity contribution in [3.8, 4) is 22.6 Å². The van der Waals surface area contributed by atoms with E-state index in [1.54, 1.807) is 0 Å². The highest BCUT2D eigenvalue weighted by atomic mass is 35.6. The Morgan fingerprint density at radius 2 is 0.900 bits per heavy atom. The quantitative estimate of drug-likeness (QED) is 0.215. The Labute approximate surface area is 189 Å². The molecule has 0 aliphatic rings. The van der Waals surface area contributed by atoms with Crippen molar-refractivity contribution in [2.75, 3.05) is 0 Å². The number of hydrogen-bond donors (Lipinski definition) is 0. The summed E-state index contributed by atoms with van der Waals surface area (Å²) >= 11 is 13.2. The highest BCUT2D eigenvalue weighted by molar-refractivity contribution is 7.16. The smallest absolute Gasteiger partial charge is 0.341 e. The van der Waals surface area contributed by atoms with Gasteiger partial charge in [0.2, 0.25) is 0 Å². The first-order chi connectivity index (χ1) is 14.1. The van der Waals surface area contributed by atoms with Crippen molar-refractivity contribution >= 4 is 59.0 Å². The molecule has 0 bridgehead atoms. The molecular formula is C24H24Cl2O2Si2. The van der Waals surface area contributed by atoms with E-state index in [1.807, 2.05) is 62.6 Å². The van der Waals surface area contributed by atoms with Crippen LogP contribution < -0.4 is 8.85 Å². The van der Waals surface area contributed by atoms with E-state index in [-0.39, 0.29) is 0 Å². The fraction of sp³-hybridized carbons (Fsp3) is 0.167. The van der Waals surface area contributed by atoms with Crippen LogP contribution in [0.15, 0.2) is 72.8 Å². The molecule has 0 saturated carbocycles. The SMILES string of the molecule is C[Si](C)(Cl)Oc1ccc2ccccc2c1-c1c(O[Si](C)(C)Cl)ccc2ccccc12. The summed E-state index contributed by atoms with van der Waals surface area (Å²) in [6, 6.07) is 24.8. The Morgan fingerprint density at radius 1 is 0.533 bits per heavy atom. The fourth-order valence-electron chi connectivity index (χ4n) is 3.71. The Hall–Kier alpha value is -1.99. The van der Waals surface area contributed by atoms with Gasteiger partial charge in [-0.1, -0.05) is 60.7 Å². The Bertz CT molecular complexity index is 1130. The summed E-state index contributed by atoms with van der Waals surface area (Å²) in [5, 5.41) is 4.46. The number of fused-ring (bicyclic) bond motifs is 2. The molecule has 0 amide bonds. The highest BCUT2D eigenvalue weighted by Crippen LogP contribution is 2.46. The zero-order valence-corrected chi connectivity index (χ0v) is 21.0. The first-order valence-corrected chi connectivity index (χ1v) is 17.8. The van der Waals surface area contributed by atoms with Gasteiger partial charge >= 0.3 is 15.3 Å². The van der Waals surface area contributed by atoms with E-state index in [2.05, 4.69) is 36.4 Å². The molecule has 0 saturated heterocycles. The second-order valence-corrected chi connectivity index (χ2v) is 19.6. The average Bonchev–Trinajstić information content (AvgIpc) is 2.66. The van der Waals surface area contributed by atoms with Crippen molar-refractivity contribution in [2.24, 2.45) is 0 Å². The fourth-order valence-corrected chi connectivity index (χ4v) is 5.60. The molecule has 0 N–H and O–H groups in total. The van der Waals surface area contributed by atoms with Crippen LogP contribution >= 0.6 is 22.2 Å². The van der Waals surface area contributed by atoms with Gasteiger partial charge in [-0.3, -0.25) is 0 Å². The second-order valence-electron chi connectivity index (χ2n) is 8.25. The minimum atomic E-state index is -2.37. The third-order valence-electron chi connectivity index (χ3n) is 4.74. The maximum absolute atomic E-state index is 6.61. The molecule has 0 heterocycles. The minimum absolute atomic E-state index is 0.774. The van der Waals surface area contributed by atoms with E-state index in [0.717, 1.165) is 44.2 Å². The topological polar surface area (TPSA) is 18.5 Å². The molecule has 6 heteroatoms.